The molecule has 1 heterocycles. The number of hydrogen-bond acceptors (Lipinski definition) is 7. The Balaban J connectivity index is 1.63. The predicted octanol–water partition coefficient (Wildman–Crippen LogP) is 0.574. The van der Waals surface area contributed by atoms with Crippen molar-refractivity contribution in [1.82, 2.24) is 0 Å². The van der Waals surface area contributed by atoms with Gasteiger partial charge in [-0.2, -0.15) is 0 Å². The summed E-state index contributed by atoms with van der Waals surface area (Å²) >= 11 is 0. The van der Waals surface area contributed by atoms with Crippen molar-refractivity contribution >= 4 is 23.1 Å². The number of carbonyl (C=O) groups is 4. The zero-order chi connectivity index (χ0) is 22.0. The fraction of sp³-hybridized carbons (Fsp3) is 0.818. The molecule has 4 aliphatic carbocycles. The van der Waals surface area contributed by atoms with Gasteiger partial charge in [0, 0.05) is 5.41 Å². The first-order valence-electron chi connectivity index (χ1n) is 10.7. The van der Waals surface area contributed by atoms with Gasteiger partial charge < -0.3 is 14.9 Å². The molecule has 0 aromatic rings. The summed E-state index contributed by atoms with van der Waals surface area (Å²) in [5.41, 5.74) is -5.16. The molecule has 1 saturated heterocycles. The minimum absolute atomic E-state index is 0.0545. The smallest absolute Gasteiger partial charge is 0.208 e. The molecule has 4 saturated carbocycles. The zero-order valence-corrected chi connectivity index (χ0v) is 17.3. The van der Waals surface area contributed by atoms with Gasteiger partial charge in [0.25, 0.3) is 0 Å². The van der Waals surface area contributed by atoms with E-state index in [1.807, 2.05) is 0 Å². The molecule has 1 aliphatic heterocycles. The van der Waals surface area contributed by atoms with Crippen LogP contribution in [0.4, 0.5) is 4.39 Å². The fourth-order valence-corrected chi connectivity index (χ4v) is 8.11. The molecule has 0 amide bonds. The molecule has 5 fully saturated rings. The maximum atomic E-state index is 15.5. The standard InChI is InChI=1S/C22H27FO7/c1-9-16(26)17(27)15-12(23)6-11-10-4-5-21(29,13(25)8-24)19(10,2)7-14-22(11,30-14)20(15,3)18(9)28/h9-12,14-15,24,29H,4-8H2,1-3H3/t9?,10-,11-,12?,14?,15?,19-,20+,21-,22-/m0/s1. The molecule has 0 aromatic carbocycles. The highest BCUT2D eigenvalue weighted by molar-refractivity contribution is 6.45. The number of fused-ring (bicyclic) bond motifs is 3. The van der Waals surface area contributed by atoms with E-state index >= 15 is 4.39 Å². The molecule has 0 bridgehead atoms. The lowest BCUT2D eigenvalue weighted by Crippen LogP contribution is -2.71. The molecule has 7 nitrogen and oxygen atoms in total. The van der Waals surface area contributed by atoms with Crippen LogP contribution in [0.25, 0.3) is 0 Å². The van der Waals surface area contributed by atoms with E-state index in [1.54, 1.807) is 13.8 Å². The highest BCUT2D eigenvalue weighted by atomic mass is 19.1. The van der Waals surface area contributed by atoms with Gasteiger partial charge in [0.05, 0.1) is 23.4 Å². The lowest BCUT2D eigenvalue weighted by Gasteiger charge is -2.58. The first kappa shape index (κ1) is 20.4. The Bertz CT molecular complexity index is 902. The van der Waals surface area contributed by atoms with E-state index in [9.17, 15) is 29.4 Å². The SMILES string of the molecule is CC1C(=O)C(=O)C2C(F)C[C@H]3[C@@H]4CC[C@](O)(C(=O)CO)[C@@]4(C)CC4O[C@]43[C@@]2(C)C1=O. The van der Waals surface area contributed by atoms with Crippen LogP contribution in [-0.4, -0.2) is 63.4 Å². The van der Waals surface area contributed by atoms with Gasteiger partial charge in [0.1, 0.15) is 24.0 Å². The van der Waals surface area contributed by atoms with E-state index in [0.717, 1.165) is 0 Å². The van der Waals surface area contributed by atoms with Gasteiger partial charge in [0.15, 0.2) is 11.6 Å². The average molecular weight is 422 g/mol. The van der Waals surface area contributed by atoms with Crippen molar-refractivity contribution in [3.05, 3.63) is 0 Å². The molecular formula is C22H27FO7. The number of ketones is 4. The molecule has 0 aromatic heterocycles. The van der Waals surface area contributed by atoms with Gasteiger partial charge >= 0.3 is 0 Å². The first-order chi connectivity index (χ1) is 13.9. The van der Waals surface area contributed by atoms with Gasteiger partial charge in [0.2, 0.25) is 11.6 Å². The first-order valence-corrected chi connectivity index (χ1v) is 10.7. The van der Waals surface area contributed by atoms with Crippen molar-refractivity contribution < 1.29 is 38.5 Å². The van der Waals surface area contributed by atoms with E-state index in [1.165, 1.54) is 6.92 Å². The quantitative estimate of drug-likeness (QED) is 0.379. The van der Waals surface area contributed by atoms with E-state index in [0.29, 0.717) is 6.42 Å². The predicted molar refractivity (Wildman–Crippen MR) is 98.9 cm³/mol. The van der Waals surface area contributed by atoms with Gasteiger partial charge in [-0.25, -0.2) is 4.39 Å². The molecule has 8 heteroatoms. The fourth-order valence-electron chi connectivity index (χ4n) is 8.11. The Labute approximate surface area is 173 Å². The van der Waals surface area contributed by atoms with Gasteiger partial charge in [-0.3, -0.25) is 19.2 Å². The number of epoxide rings is 1. The highest BCUT2D eigenvalue weighted by Crippen LogP contribution is 2.76. The zero-order valence-electron chi connectivity index (χ0n) is 17.3. The number of Topliss-reactive ketones (excluding diaryl/α,β-unsaturated/α-hetero) is 4. The normalized spacial score (nSPS) is 56.7. The summed E-state index contributed by atoms with van der Waals surface area (Å²) in [5, 5.41) is 20.7. The monoisotopic (exact) mass is 422 g/mol. The van der Waals surface area contributed by atoms with Crippen molar-refractivity contribution in [3.63, 3.8) is 0 Å². The molecular weight excluding hydrogens is 395 g/mol. The van der Waals surface area contributed by atoms with Gasteiger partial charge in [-0.05, 0) is 51.4 Å². The van der Waals surface area contributed by atoms with E-state index in [2.05, 4.69) is 0 Å². The van der Waals surface area contributed by atoms with Crippen LogP contribution < -0.4 is 0 Å². The molecule has 1 spiro atoms. The van der Waals surface area contributed by atoms with Crippen molar-refractivity contribution in [2.75, 3.05) is 6.61 Å². The number of halogens is 1. The van der Waals surface area contributed by atoms with Gasteiger partial charge in [-0.1, -0.05) is 6.92 Å². The number of carbonyl (C=O) groups excluding carboxylic acids is 4. The lowest BCUT2D eigenvalue weighted by molar-refractivity contribution is -0.183. The van der Waals surface area contributed by atoms with Crippen LogP contribution in [0.1, 0.15) is 46.5 Å². The van der Waals surface area contributed by atoms with E-state index in [-0.39, 0.29) is 25.2 Å². The summed E-state index contributed by atoms with van der Waals surface area (Å²) in [5.74, 6) is -6.01. The minimum atomic E-state index is -1.73. The topological polar surface area (TPSA) is 121 Å². The molecule has 30 heavy (non-hydrogen) atoms. The summed E-state index contributed by atoms with van der Waals surface area (Å²) < 4.78 is 21.7. The molecule has 10 atom stereocenters. The van der Waals surface area contributed by atoms with Crippen molar-refractivity contribution in [1.29, 1.82) is 0 Å². The minimum Gasteiger partial charge on any atom is -0.388 e. The van der Waals surface area contributed by atoms with Crippen LogP contribution in [0.2, 0.25) is 0 Å². The van der Waals surface area contributed by atoms with Crippen molar-refractivity contribution in [2.45, 2.75) is 69.9 Å². The third kappa shape index (κ3) is 1.85. The molecule has 2 N–H and O–H groups in total. The second kappa shape index (κ2) is 5.64. The average Bonchev–Trinajstić information content (AvgIpc) is 3.36. The maximum absolute atomic E-state index is 15.5. The van der Waals surface area contributed by atoms with Gasteiger partial charge in [-0.15, -0.1) is 0 Å². The Morgan fingerprint density at radius 2 is 1.87 bits per heavy atom. The van der Waals surface area contributed by atoms with Crippen LogP contribution in [-0.2, 0) is 23.9 Å². The maximum Gasteiger partial charge on any atom is 0.208 e. The second-order valence-corrected chi connectivity index (χ2v) is 10.5. The molecule has 5 aliphatic rings. The third-order valence-electron chi connectivity index (χ3n) is 9.69. The number of aliphatic hydroxyl groups excluding tert-OH is 1. The van der Waals surface area contributed by atoms with Crippen LogP contribution in [0.3, 0.4) is 0 Å². The molecule has 4 unspecified atom stereocenters. The lowest BCUT2D eigenvalue weighted by atomic mass is 9.42. The molecule has 164 valence electrons. The number of hydrogen-bond donors (Lipinski definition) is 2. The number of rotatable bonds is 2. The third-order valence-corrected chi connectivity index (χ3v) is 9.69. The van der Waals surface area contributed by atoms with Crippen molar-refractivity contribution in [3.8, 4) is 0 Å². The number of alkyl halides is 1. The van der Waals surface area contributed by atoms with Crippen LogP contribution in [0.15, 0.2) is 0 Å². The van der Waals surface area contributed by atoms with Crippen LogP contribution in [0, 0.1) is 34.5 Å². The van der Waals surface area contributed by atoms with Crippen molar-refractivity contribution in [2.24, 2.45) is 34.5 Å². The summed E-state index contributed by atoms with van der Waals surface area (Å²) in [6.07, 6.45) is -1.37. The molecule has 5 rings (SSSR count). The largest absolute Gasteiger partial charge is 0.388 e. The Morgan fingerprint density at radius 3 is 2.50 bits per heavy atom. The summed E-state index contributed by atoms with van der Waals surface area (Å²) in [6.45, 7) is 3.97. The Hall–Kier alpha value is -1.51. The second-order valence-electron chi connectivity index (χ2n) is 10.5. The Morgan fingerprint density at radius 1 is 1.20 bits per heavy atom. The van der Waals surface area contributed by atoms with Crippen LogP contribution in [0.5, 0.6) is 0 Å². The number of aliphatic hydroxyl groups is 2. The summed E-state index contributed by atoms with van der Waals surface area (Å²) in [4.78, 5) is 50.9. The van der Waals surface area contributed by atoms with E-state index in [4.69, 9.17) is 4.74 Å². The Kier molecular flexibility index (Phi) is 3.83. The highest BCUT2D eigenvalue weighted by Gasteiger charge is 2.86. The summed E-state index contributed by atoms with van der Waals surface area (Å²) in [7, 11) is 0. The van der Waals surface area contributed by atoms with E-state index < -0.39 is 81.8 Å². The number of ether oxygens (including phenoxy) is 1. The van der Waals surface area contributed by atoms with Crippen LogP contribution >= 0.6 is 0 Å². The molecule has 0 radical (unpaired) electrons. The summed E-state index contributed by atoms with van der Waals surface area (Å²) in [6, 6.07) is 0.